The highest BCUT2D eigenvalue weighted by molar-refractivity contribution is 6.39. The zero-order chi connectivity index (χ0) is 27.3. The van der Waals surface area contributed by atoms with Crippen LogP contribution in [0.4, 0.5) is 10.1 Å². The van der Waals surface area contributed by atoms with Gasteiger partial charge in [0.1, 0.15) is 17.3 Å². The van der Waals surface area contributed by atoms with E-state index in [-0.39, 0.29) is 5.56 Å². The van der Waals surface area contributed by atoms with Gasteiger partial charge < -0.3 is 18.7 Å². The molecule has 1 saturated heterocycles. The van der Waals surface area contributed by atoms with Crippen LogP contribution in [0.15, 0.2) is 41.1 Å². The number of aromatic nitrogens is 2. The maximum atomic E-state index is 15.2. The number of rotatable bonds is 7. The van der Waals surface area contributed by atoms with Crippen molar-refractivity contribution < 1.29 is 18.4 Å². The summed E-state index contributed by atoms with van der Waals surface area (Å²) in [5.74, 6) is 0.411. The van der Waals surface area contributed by atoms with Crippen molar-refractivity contribution >= 4 is 45.8 Å². The second-order valence-corrected chi connectivity index (χ2v) is 11.1. The molecule has 2 aromatic heterocycles. The molecule has 10 heteroatoms. The fourth-order valence-electron chi connectivity index (χ4n) is 5.55. The molecular weight excluding hydrogens is 542 g/mol. The van der Waals surface area contributed by atoms with E-state index >= 15 is 4.39 Å². The fourth-order valence-corrected chi connectivity index (χ4v) is 6.12. The Balaban J connectivity index is 1.16. The summed E-state index contributed by atoms with van der Waals surface area (Å²) in [7, 11) is 3.11. The van der Waals surface area contributed by atoms with Crippen molar-refractivity contribution in [1.82, 2.24) is 14.6 Å². The van der Waals surface area contributed by atoms with Crippen LogP contribution in [0.1, 0.15) is 40.4 Å². The standard InChI is InChI=1S/C29H29Cl2FN4O3/c1-34-16-20(29(37)38-2)25-23(32)14-18(15-24(25)34)36-12-10-35(11-13-36)9-8-19-27(33-39-28(19)17-6-7-17)26-21(30)4-3-5-22(26)31/h3-5,14-17H,6-13H2,1-2H3. The Morgan fingerprint density at radius 2 is 1.87 bits per heavy atom. The molecular formula is C29H29Cl2FN4O3. The lowest BCUT2D eigenvalue weighted by Crippen LogP contribution is -2.47. The second-order valence-electron chi connectivity index (χ2n) is 10.3. The summed E-state index contributed by atoms with van der Waals surface area (Å²) in [6.45, 7) is 4.06. The molecule has 1 aliphatic heterocycles. The van der Waals surface area contributed by atoms with Gasteiger partial charge >= 0.3 is 5.97 Å². The van der Waals surface area contributed by atoms with E-state index in [0.29, 0.717) is 26.9 Å². The number of anilines is 1. The average Bonchev–Trinajstić information content (AvgIpc) is 3.61. The van der Waals surface area contributed by atoms with Gasteiger partial charge in [-0.15, -0.1) is 0 Å². The van der Waals surface area contributed by atoms with Crippen molar-refractivity contribution in [2.24, 2.45) is 7.05 Å². The van der Waals surface area contributed by atoms with E-state index in [1.807, 2.05) is 24.3 Å². The molecule has 6 rings (SSSR count). The first-order chi connectivity index (χ1) is 18.9. The van der Waals surface area contributed by atoms with Gasteiger partial charge in [0, 0.05) is 68.7 Å². The Morgan fingerprint density at radius 3 is 2.54 bits per heavy atom. The number of halogens is 3. The summed E-state index contributed by atoms with van der Waals surface area (Å²) in [6.07, 6.45) is 4.62. The molecule has 1 aliphatic carbocycles. The number of ether oxygens (including phenoxy) is 1. The van der Waals surface area contributed by atoms with Crippen molar-refractivity contribution in [3.05, 3.63) is 69.3 Å². The molecule has 39 heavy (non-hydrogen) atoms. The number of fused-ring (bicyclic) bond motifs is 1. The molecule has 0 radical (unpaired) electrons. The number of hydrogen-bond donors (Lipinski definition) is 0. The first-order valence-electron chi connectivity index (χ1n) is 13.1. The summed E-state index contributed by atoms with van der Waals surface area (Å²) < 4.78 is 27.6. The number of esters is 1. The topological polar surface area (TPSA) is 63.7 Å². The average molecular weight is 571 g/mol. The number of piperazine rings is 1. The number of hydrogen-bond acceptors (Lipinski definition) is 6. The van der Waals surface area contributed by atoms with Gasteiger partial charge in [0.25, 0.3) is 0 Å². The highest BCUT2D eigenvalue weighted by Gasteiger charge is 2.33. The van der Waals surface area contributed by atoms with Crippen LogP contribution in [0.2, 0.25) is 10.0 Å². The van der Waals surface area contributed by atoms with Crippen LogP contribution >= 0.6 is 23.2 Å². The minimum absolute atomic E-state index is 0.237. The monoisotopic (exact) mass is 570 g/mol. The van der Waals surface area contributed by atoms with E-state index in [1.165, 1.54) is 13.2 Å². The van der Waals surface area contributed by atoms with E-state index in [9.17, 15) is 4.79 Å². The Hall–Kier alpha value is -3.07. The van der Waals surface area contributed by atoms with Crippen LogP contribution in [-0.4, -0.2) is 60.4 Å². The molecule has 0 N–H and O–H groups in total. The molecule has 0 spiro atoms. The van der Waals surface area contributed by atoms with E-state index in [0.717, 1.165) is 80.3 Å². The van der Waals surface area contributed by atoms with E-state index in [4.69, 9.17) is 32.5 Å². The second kappa shape index (κ2) is 10.5. The normalized spacial score (nSPS) is 16.3. The quantitative estimate of drug-likeness (QED) is 0.243. The smallest absolute Gasteiger partial charge is 0.340 e. The molecule has 3 heterocycles. The first kappa shape index (κ1) is 26.2. The number of carbonyl (C=O) groups is 1. The Kier molecular flexibility index (Phi) is 7.04. The Bertz CT molecular complexity index is 1530. The van der Waals surface area contributed by atoms with Crippen LogP contribution in [0.25, 0.3) is 22.2 Å². The Labute approximate surface area is 236 Å². The van der Waals surface area contributed by atoms with Gasteiger partial charge in [0.15, 0.2) is 0 Å². The predicted molar refractivity (Wildman–Crippen MR) is 151 cm³/mol. The summed E-state index contributed by atoms with van der Waals surface area (Å²) in [5, 5.41) is 5.83. The lowest BCUT2D eigenvalue weighted by atomic mass is 10.0. The van der Waals surface area contributed by atoms with Crippen molar-refractivity contribution in [3.63, 3.8) is 0 Å². The molecule has 0 bridgehead atoms. The lowest BCUT2D eigenvalue weighted by Gasteiger charge is -2.36. The first-order valence-corrected chi connectivity index (χ1v) is 13.9. The molecule has 0 amide bonds. The van der Waals surface area contributed by atoms with E-state index in [1.54, 1.807) is 17.8 Å². The molecule has 1 saturated carbocycles. The number of methoxy groups -OCH3 is 1. The largest absolute Gasteiger partial charge is 0.465 e. The van der Waals surface area contributed by atoms with E-state index < -0.39 is 11.8 Å². The maximum Gasteiger partial charge on any atom is 0.340 e. The zero-order valence-corrected chi connectivity index (χ0v) is 23.4. The lowest BCUT2D eigenvalue weighted by molar-refractivity contribution is 0.0602. The van der Waals surface area contributed by atoms with Gasteiger partial charge in [0.2, 0.25) is 0 Å². The van der Waals surface area contributed by atoms with E-state index in [2.05, 4.69) is 15.0 Å². The molecule has 2 aromatic carbocycles. The van der Waals surface area contributed by atoms with Crippen molar-refractivity contribution in [1.29, 1.82) is 0 Å². The number of nitrogens with zero attached hydrogens (tertiary/aromatic N) is 4. The molecule has 2 fully saturated rings. The molecule has 2 aliphatic rings. The number of benzene rings is 2. The van der Waals surface area contributed by atoms with Gasteiger partial charge in [-0.2, -0.15) is 0 Å². The van der Waals surface area contributed by atoms with Crippen LogP contribution in [-0.2, 0) is 18.2 Å². The number of aryl methyl sites for hydroxylation is 1. The minimum atomic E-state index is -0.543. The van der Waals surface area contributed by atoms with Crippen molar-refractivity contribution in [2.45, 2.75) is 25.2 Å². The third kappa shape index (κ3) is 4.90. The van der Waals surface area contributed by atoms with Crippen LogP contribution in [0.5, 0.6) is 0 Å². The molecule has 4 aromatic rings. The van der Waals surface area contributed by atoms with Crippen LogP contribution in [0.3, 0.4) is 0 Å². The summed E-state index contributed by atoms with van der Waals surface area (Å²) in [4.78, 5) is 16.7. The van der Waals surface area contributed by atoms with Crippen LogP contribution < -0.4 is 4.90 Å². The zero-order valence-electron chi connectivity index (χ0n) is 21.8. The maximum absolute atomic E-state index is 15.2. The highest BCUT2D eigenvalue weighted by Crippen LogP contribution is 2.46. The summed E-state index contributed by atoms with van der Waals surface area (Å²) >= 11 is 13.0. The molecule has 0 atom stereocenters. The summed E-state index contributed by atoms with van der Waals surface area (Å²) in [5.41, 5.74) is 4.27. The minimum Gasteiger partial charge on any atom is -0.465 e. The highest BCUT2D eigenvalue weighted by atomic mass is 35.5. The fraction of sp³-hybridized carbons (Fsp3) is 0.379. The summed E-state index contributed by atoms with van der Waals surface area (Å²) in [6, 6.07) is 8.93. The molecule has 0 unspecified atom stereocenters. The predicted octanol–water partition coefficient (Wildman–Crippen LogP) is 6.31. The number of carbonyl (C=O) groups excluding carboxylic acids is 1. The van der Waals surface area contributed by atoms with Gasteiger partial charge in [0.05, 0.1) is 33.6 Å². The molecule has 7 nitrogen and oxygen atoms in total. The van der Waals surface area contributed by atoms with Crippen LogP contribution in [0, 0.1) is 5.82 Å². The van der Waals surface area contributed by atoms with Crippen molar-refractivity contribution in [2.75, 3.05) is 44.7 Å². The van der Waals surface area contributed by atoms with Gasteiger partial charge in [-0.3, -0.25) is 4.90 Å². The third-order valence-corrected chi connectivity index (χ3v) is 8.44. The Morgan fingerprint density at radius 1 is 1.15 bits per heavy atom. The van der Waals surface area contributed by atoms with Gasteiger partial charge in [-0.25, -0.2) is 9.18 Å². The van der Waals surface area contributed by atoms with Crippen molar-refractivity contribution in [3.8, 4) is 11.3 Å². The molecule has 204 valence electrons. The SMILES string of the molecule is COC(=O)c1cn(C)c2cc(N3CCN(CCc4c(-c5c(Cl)cccc5Cl)noc4C4CC4)CC3)cc(F)c12. The third-order valence-electron chi connectivity index (χ3n) is 7.81. The van der Waals surface area contributed by atoms with Gasteiger partial charge in [-0.1, -0.05) is 34.4 Å². The van der Waals surface area contributed by atoms with Gasteiger partial charge in [-0.05, 0) is 43.5 Å².